The largest absolute Gasteiger partial charge is 0.263 e. The first-order valence-corrected chi connectivity index (χ1v) is 8.08. The lowest BCUT2D eigenvalue weighted by atomic mass is 10.1. The maximum absolute atomic E-state index is 12.5. The molecule has 100 valence electrons. The fourth-order valence-electron chi connectivity index (χ4n) is 2.23. The highest BCUT2D eigenvalue weighted by Crippen LogP contribution is 2.36. The highest BCUT2D eigenvalue weighted by molar-refractivity contribution is 9.10. The van der Waals surface area contributed by atoms with Gasteiger partial charge >= 0.3 is 0 Å². The predicted octanol–water partition coefficient (Wildman–Crippen LogP) is 3.44. The molecular formula is C13H19BrN2OS. The molecule has 2 rings (SSSR count). The minimum Gasteiger partial charge on any atom is -0.263 e. The molecule has 3 nitrogen and oxygen atoms in total. The average Bonchev–Trinajstić information content (AvgIpc) is 2.75. The maximum Gasteiger partial charge on any atom is 0.100 e. The van der Waals surface area contributed by atoms with E-state index in [1.165, 1.54) is 0 Å². The first kappa shape index (κ1) is 14.2. The summed E-state index contributed by atoms with van der Waals surface area (Å²) >= 11 is 3.45. The predicted molar refractivity (Wildman–Crippen MR) is 78.5 cm³/mol. The third-order valence-corrected chi connectivity index (χ3v) is 5.40. The summed E-state index contributed by atoms with van der Waals surface area (Å²) in [5, 5.41) is 0. The van der Waals surface area contributed by atoms with Crippen molar-refractivity contribution in [3.8, 4) is 0 Å². The summed E-state index contributed by atoms with van der Waals surface area (Å²) in [5.41, 5.74) is 1.15. The Kier molecular flexibility index (Phi) is 4.24. The zero-order valence-electron chi connectivity index (χ0n) is 11.0. The molecule has 2 heterocycles. The molecule has 0 amide bonds. The number of hydrogen-bond donors (Lipinski definition) is 0. The molecule has 1 fully saturated rings. The third-order valence-electron chi connectivity index (χ3n) is 3.05. The van der Waals surface area contributed by atoms with Crippen LogP contribution in [0.25, 0.3) is 0 Å². The third kappa shape index (κ3) is 3.00. The fourth-order valence-corrected chi connectivity index (χ4v) is 4.07. The molecule has 1 aliphatic rings. The summed E-state index contributed by atoms with van der Waals surface area (Å²) in [5.74, 6) is 0. The van der Waals surface area contributed by atoms with E-state index in [1.54, 1.807) is 6.20 Å². The second-order valence-corrected chi connectivity index (χ2v) is 8.70. The summed E-state index contributed by atoms with van der Waals surface area (Å²) in [4.78, 5) is 4.21. The lowest BCUT2D eigenvalue weighted by Crippen LogP contribution is -2.37. The SMILES string of the molecule is CC(C)(C)S(=O)N1CCCC1c1cncc(Br)c1. The molecule has 5 heteroatoms. The normalized spacial score (nSPS) is 23.2. The molecule has 18 heavy (non-hydrogen) atoms. The first-order valence-electron chi connectivity index (χ1n) is 6.18. The van der Waals surface area contributed by atoms with Crippen LogP contribution < -0.4 is 0 Å². The number of halogens is 1. The number of rotatable bonds is 2. The van der Waals surface area contributed by atoms with Crippen LogP contribution in [0.2, 0.25) is 0 Å². The second-order valence-electron chi connectivity index (χ2n) is 5.60. The van der Waals surface area contributed by atoms with Gasteiger partial charge in [-0.1, -0.05) is 0 Å². The molecule has 0 aliphatic carbocycles. The van der Waals surface area contributed by atoms with Crippen molar-refractivity contribution in [2.75, 3.05) is 6.54 Å². The molecule has 2 unspecified atom stereocenters. The molecule has 0 bridgehead atoms. The van der Waals surface area contributed by atoms with E-state index in [9.17, 15) is 4.21 Å². The fraction of sp³-hybridized carbons (Fsp3) is 0.615. The van der Waals surface area contributed by atoms with Gasteiger partial charge in [-0.2, -0.15) is 0 Å². The van der Waals surface area contributed by atoms with Crippen molar-refractivity contribution in [3.05, 3.63) is 28.5 Å². The lowest BCUT2D eigenvalue weighted by molar-refractivity contribution is 0.415. The van der Waals surface area contributed by atoms with Crippen LogP contribution in [0, 0.1) is 0 Å². The standard InChI is InChI=1S/C13H19BrN2OS/c1-13(2,3)18(17)16-6-4-5-12(16)10-7-11(14)9-15-8-10/h7-9,12H,4-6H2,1-3H3. The Hall–Kier alpha value is -0.260. The minimum absolute atomic E-state index is 0.206. The van der Waals surface area contributed by atoms with Crippen molar-refractivity contribution >= 4 is 26.9 Å². The van der Waals surface area contributed by atoms with E-state index < -0.39 is 11.0 Å². The van der Waals surface area contributed by atoms with Crippen LogP contribution in [0.15, 0.2) is 22.9 Å². The van der Waals surface area contributed by atoms with Crippen LogP contribution in [0.4, 0.5) is 0 Å². The molecule has 1 saturated heterocycles. The van der Waals surface area contributed by atoms with Gasteiger partial charge in [0.1, 0.15) is 11.0 Å². The zero-order chi connectivity index (χ0) is 13.3. The Morgan fingerprint density at radius 3 is 2.78 bits per heavy atom. The van der Waals surface area contributed by atoms with Gasteiger partial charge in [0.15, 0.2) is 0 Å². The number of nitrogens with zero attached hydrogens (tertiary/aromatic N) is 2. The van der Waals surface area contributed by atoms with E-state index in [1.807, 2.05) is 27.0 Å². The number of pyridine rings is 1. The average molecular weight is 331 g/mol. The summed E-state index contributed by atoms with van der Waals surface area (Å²) in [7, 11) is -0.960. The summed E-state index contributed by atoms with van der Waals surface area (Å²) < 4.78 is 15.4. The Balaban J connectivity index is 2.25. The Labute approximate surface area is 120 Å². The van der Waals surface area contributed by atoms with E-state index in [4.69, 9.17) is 0 Å². The molecule has 0 saturated carbocycles. The lowest BCUT2D eigenvalue weighted by Gasteiger charge is -2.30. The van der Waals surface area contributed by atoms with Gasteiger partial charge in [-0.05, 0) is 61.2 Å². The van der Waals surface area contributed by atoms with Gasteiger partial charge in [0.25, 0.3) is 0 Å². The van der Waals surface area contributed by atoms with Gasteiger partial charge in [-0.25, -0.2) is 8.51 Å². The topological polar surface area (TPSA) is 33.2 Å². The van der Waals surface area contributed by atoms with E-state index in [0.29, 0.717) is 0 Å². The van der Waals surface area contributed by atoms with Crippen LogP contribution in [0.5, 0.6) is 0 Å². The molecule has 1 aromatic heterocycles. The maximum atomic E-state index is 12.5. The minimum atomic E-state index is -0.960. The zero-order valence-corrected chi connectivity index (χ0v) is 13.4. The molecule has 0 N–H and O–H groups in total. The molecule has 0 spiro atoms. The number of aromatic nitrogens is 1. The van der Waals surface area contributed by atoms with Crippen molar-refractivity contribution in [2.45, 2.75) is 44.4 Å². The Bertz CT molecular complexity index is 459. The van der Waals surface area contributed by atoms with E-state index in [0.717, 1.165) is 29.4 Å². The monoisotopic (exact) mass is 330 g/mol. The molecule has 1 aromatic rings. The molecular weight excluding hydrogens is 312 g/mol. The van der Waals surface area contributed by atoms with Gasteiger partial charge in [-0.15, -0.1) is 0 Å². The van der Waals surface area contributed by atoms with Crippen molar-refractivity contribution in [2.24, 2.45) is 0 Å². The van der Waals surface area contributed by atoms with Crippen molar-refractivity contribution in [1.29, 1.82) is 0 Å². The smallest absolute Gasteiger partial charge is 0.100 e. The summed E-state index contributed by atoms with van der Waals surface area (Å²) in [6.45, 7) is 6.98. The second kappa shape index (κ2) is 5.39. The van der Waals surface area contributed by atoms with Crippen LogP contribution >= 0.6 is 15.9 Å². The van der Waals surface area contributed by atoms with Gasteiger partial charge in [0.2, 0.25) is 0 Å². The molecule has 1 aliphatic heterocycles. The Morgan fingerprint density at radius 2 is 2.17 bits per heavy atom. The van der Waals surface area contributed by atoms with Gasteiger partial charge in [0, 0.05) is 29.5 Å². The van der Waals surface area contributed by atoms with E-state index in [2.05, 4.69) is 31.3 Å². The Morgan fingerprint density at radius 1 is 1.44 bits per heavy atom. The summed E-state index contributed by atoms with van der Waals surface area (Å²) in [6, 6.07) is 2.31. The first-order chi connectivity index (χ1) is 8.39. The van der Waals surface area contributed by atoms with Crippen LogP contribution in [-0.2, 0) is 11.0 Å². The van der Waals surface area contributed by atoms with Gasteiger partial charge in [-0.3, -0.25) is 4.98 Å². The number of hydrogen-bond acceptors (Lipinski definition) is 2. The molecule has 0 aromatic carbocycles. The summed E-state index contributed by atoms with van der Waals surface area (Å²) in [6.07, 6.45) is 5.82. The van der Waals surface area contributed by atoms with Crippen LogP contribution in [0.3, 0.4) is 0 Å². The van der Waals surface area contributed by atoms with Crippen LogP contribution in [0.1, 0.15) is 45.2 Å². The van der Waals surface area contributed by atoms with Crippen LogP contribution in [-0.4, -0.2) is 24.8 Å². The van der Waals surface area contributed by atoms with Crippen molar-refractivity contribution in [1.82, 2.24) is 9.29 Å². The van der Waals surface area contributed by atoms with E-state index >= 15 is 0 Å². The van der Waals surface area contributed by atoms with Gasteiger partial charge < -0.3 is 0 Å². The van der Waals surface area contributed by atoms with E-state index in [-0.39, 0.29) is 10.8 Å². The highest BCUT2D eigenvalue weighted by Gasteiger charge is 2.35. The molecule has 0 radical (unpaired) electrons. The van der Waals surface area contributed by atoms with Crippen molar-refractivity contribution in [3.63, 3.8) is 0 Å². The van der Waals surface area contributed by atoms with Crippen molar-refractivity contribution < 1.29 is 4.21 Å². The molecule has 2 atom stereocenters. The highest BCUT2D eigenvalue weighted by atomic mass is 79.9. The quantitative estimate of drug-likeness (QED) is 0.832. The van der Waals surface area contributed by atoms with Gasteiger partial charge in [0.05, 0.1) is 4.75 Å².